The first-order valence-electron chi connectivity index (χ1n) is 6.32. The monoisotopic (exact) mass is 310 g/mol. The lowest BCUT2D eigenvalue weighted by Crippen LogP contribution is -2.24. The average molecular weight is 311 g/mol. The van der Waals surface area contributed by atoms with E-state index >= 15 is 0 Å². The van der Waals surface area contributed by atoms with Gasteiger partial charge in [0.15, 0.2) is 11.9 Å². The zero-order chi connectivity index (χ0) is 15.8. The number of carbonyl (C=O) groups excluding carboxylic acids is 2. The minimum Gasteiger partial charge on any atom is -0.505 e. The molecule has 0 fully saturated rings. The van der Waals surface area contributed by atoms with Crippen molar-refractivity contribution in [2.24, 2.45) is 5.41 Å². The SMILES string of the molecule is CC(C)(C)C(=O)OC1=C(O)C(c2ccc(Cl)cc2)OC1=O. The highest BCUT2D eigenvalue weighted by molar-refractivity contribution is 6.30. The molecule has 21 heavy (non-hydrogen) atoms. The van der Waals surface area contributed by atoms with E-state index in [1.54, 1.807) is 45.0 Å². The first kappa shape index (κ1) is 15.4. The minimum absolute atomic E-state index is 0.417. The molecule has 112 valence electrons. The summed E-state index contributed by atoms with van der Waals surface area (Å²) in [5.41, 5.74) is -0.265. The second-order valence-corrected chi connectivity index (χ2v) is 6.13. The fourth-order valence-corrected chi connectivity index (χ4v) is 1.77. The molecule has 0 saturated heterocycles. The van der Waals surface area contributed by atoms with Crippen molar-refractivity contribution in [3.63, 3.8) is 0 Å². The molecule has 5 nitrogen and oxygen atoms in total. The van der Waals surface area contributed by atoms with E-state index in [4.69, 9.17) is 21.1 Å². The molecule has 6 heteroatoms. The number of rotatable bonds is 2. The molecule has 2 rings (SSSR count). The van der Waals surface area contributed by atoms with Gasteiger partial charge in [0.25, 0.3) is 5.76 Å². The van der Waals surface area contributed by atoms with Crippen LogP contribution in [0.2, 0.25) is 5.02 Å². The fourth-order valence-electron chi connectivity index (χ4n) is 1.64. The number of hydrogen-bond acceptors (Lipinski definition) is 5. The van der Waals surface area contributed by atoms with Gasteiger partial charge in [0.2, 0.25) is 0 Å². The van der Waals surface area contributed by atoms with Crippen LogP contribution < -0.4 is 0 Å². The third-order valence-corrected chi connectivity index (χ3v) is 3.12. The quantitative estimate of drug-likeness (QED) is 0.848. The molecule has 0 saturated carbocycles. The summed E-state index contributed by atoms with van der Waals surface area (Å²) in [7, 11) is 0. The molecular formula is C15H15ClO5. The number of aliphatic hydroxyl groups excluding tert-OH is 1. The lowest BCUT2D eigenvalue weighted by Gasteiger charge is -2.15. The van der Waals surface area contributed by atoms with Crippen molar-refractivity contribution < 1.29 is 24.2 Å². The summed E-state index contributed by atoms with van der Waals surface area (Å²) in [5, 5.41) is 10.6. The highest BCUT2D eigenvalue weighted by atomic mass is 35.5. The number of benzene rings is 1. The van der Waals surface area contributed by atoms with E-state index in [1.807, 2.05) is 0 Å². The van der Waals surface area contributed by atoms with E-state index in [2.05, 4.69) is 0 Å². The molecule has 1 unspecified atom stereocenters. The summed E-state index contributed by atoms with van der Waals surface area (Å²) < 4.78 is 10.0. The molecule has 0 radical (unpaired) electrons. The van der Waals surface area contributed by atoms with Gasteiger partial charge in [-0.3, -0.25) is 4.79 Å². The van der Waals surface area contributed by atoms with Crippen LogP contribution in [0.25, 0.3) is 0 Å². The van der Waals surface area contributed by atoms with Crippen molar-refractivity contribution in [3.05, 3.63) is 46.4 Å². The van der Waals surface area contributed by atoms with Crippen molar-refractivity contribution >= 4 is 23.5 Å². The Hall–Kier alpha value is -2.01. The van der Waals surface area contributed by atoms with E-state index in [9.17, 15) is 14.7 Å². The summed E-state index contributed by atoms with van der Waals surface area (Å²) in [4.78, 5) is 23.6. The predicted octanol–water partition coefficient (Wildman–Crippen LogP) is 3.30. The van der Waals surface area contributed by atoms with E-state index in [0.29, 0.717) is 10.6 Å². The minimum atomic E-state index is -0.988. The van der Waals surface area contributed by atoms with Gasteiger partial charge in [-0.25, -0.2) is 4.79 Å². The molecule has 1 N–H and O–H groups in total. The highest BCUT2D eigenvalue weighted by Gasteiger charge is 2.40. The summed E-state index contributed by atoms with van der Waals surface area (Å²) in [6.07, 6.45) is -0.988. The zero-order valence-electron chi connectivity index (χ0n) is 11.8. The number of carbonyl (C=O) groups is 2. The van der Waals surface area contributed by atoms with Gasteiger partial charge in [0.05, 0.1) is 5.41 Å². The molecule has 1 heterocycles. The highest BCUT2D eigenvalue weighted by Crippen LogP contribution is 2.35. The van der Waals surface area contributed by atoms with Crippen LogP contribution in [0.1, 0.15) is 32.4 Å². The maximum atomic E-state index is 11.8. The van der Waals surface area contributed by atoms with Gasteiger partial charge < -0.3 is 14.6 Å². The first-order valence-corrected chi connectivity index (χ1v) is 6.70. The van der Waals surface area contributed by atoms with Gasteiger partial charge in [0, 0.05) is 10.6 Å². The molecular weight excluding hydrogens is 296 g/mol. The molecule has 0 spiro atoms. The van der Waals surface area contributed by atoms with Gasteiger partial charge in [0.1, 0.15) is 0 Å². The third-order valence-electron chi connectivity index (χ3n) is 2.87. The van der Waals surface area contributed by atoms with E-state index in [1.165, 1.54) is 0 Å². The number of esters is 2. The smallest absolute Gasteiger partial charge is 0.379 e. The van der Waals surface area contributed by atoms with E-state index in [-0.39, 0.29) is 0 Å². The van der Waals surface area contributed by atoms with Crippen molar-refractivity contribution in [2.45, 2.75) is 26.9 Å². The predicted molar refractivity (Wildman–Crippen MR) is 75.5 cm³/mol. The topological polar surface area (TPSA) is 72.8 Å². The lowest BCUT2D eigenvalue weighted by atomic mass is 9.97. The maximum Gasteiger partial charge on any atom is 0.379 e. The largest absolute Gasteiger partial charge is 0.505 e. The molecule has 0 amide bonds. The molecule has 1 aromatic carbocycles. The second kappa shape index (κ2) is 5.41. The molecule has 1 atom stereocenters. The number of ether oxygens (including phenoxy) is 2. The summed E-state index contributed by atoms with van der Waals surface area (Å²) in [6, 6.07) is 6.45. The molecule has 0 aromatic heterocycles. The van der Waals surface area contributed by atoms with E-state index < -0.39 is 35.0 Å². The van der Waals surface area contributed by atoms with Crippen LogP contribution in [0.15, 0.2) is 35.8 Å². The Morgan fingerprint density at radius 2 is 1.86 bits per heavy atom. The van der Waals surface area contributed by atoms with Gasteiger partial charge >= 0.3 is 11.9 Å². The molecule has 1 aliphatic heterocycles. The zero-order valence-corrected chi connectivity index (χ0v) is 12.6. The van der Waals surface area contributed by atoms with Crippen molar-refractivity contribution in [1.29, 1.82) is 0 Å². The summed E-state index contributed by atoms with van der Waals surface area (Å²) in [5.74, 6) is -2.38. The Balaban J connectivity index is 2.27. The van der Waals surface area contributed by atoms with Gasteiger partial charge in [-0.1, -0.05) is 23.7 Å². The summed E-state index contributed by atoms with van der Waals surface area (Å²) >= 11 is 5.78. The van der Waals surface area contributed by atoms with Crippen LogP contribution in [0.4, 0.5) is 0 Å². The Labute approximate surface area is 127 Å². The standard InChI is InChI=1S/C15H15ClO5/c1-15(2,3)14(19)21-12-10(17)11(20-13(12)18)8-4-6-9(16)7-5-8/h4-7,11,17H,1-3H3. The van der Waals surface area contributed by atoms with Crippen LogP contribution >= 0.6 is 11.6 Å². The Kier molecular flexibility index (Phi) is 3.96. The first-order chi connectivity index (χ1) is 9.70. The van der Waals surface area contributed by atoms with Gasteiger partial charge in [-0.2, -0.15) is 0 Å². The van der Waals surface area contributed by atoms with Crippen molar-refractivity contribution in [3.8, 4) is 0 Å². The fraction of sp³-hybridized carbons (Fsp3) is 0.333. The lowest BCUT2D eigenvalue weighted by molar-refractivity contribution is -0.155. The van der Waals surface area contributed by atoms with Crippen LogP contribution in [-0.4, -0.2) is 17.0 Å². The summed E-state index contributed by atoms with van der Waals surface area (Å²) in [6.45, 7) is 4.93. The van der Waals surface area contributed by atoms with Gasteiger partial charge in [-0.05, 0) is 32.9 Å². The number of aliphatic hydroxyl groups is 1. The Morgan fingerprint density at radius 1 is 1.29 bits per heavy atom. The number of hydrogen-bond donors (Lipinski definition) is 1. The molecule has 1 aliphatic rings. The number of halogens is 1. The van der Waals surface area contributed by atoms with Crippen LogP contribution in [0, 0.1) is 5.41 Å². The molecule has 0 aliphatic carbocycles. The third kappa shape index (κ3) is 3.19. The second-order valence-electron chi connectivity index (χ2n) is 5.69. The number of cyclic esters (lactones) is 1. The average Bonchev–Trinajstić information content (AvgIpc) is 2.66. The normalized spacial score (nSPS) is 18.7. The van der Waals surface area contributed by atoms with E-state index in [0.717, 1.165) is 0 Å². The van der Waals surface area contributed by atoms with Crippen molar-refractivity contribution in [1.82, 2.24) is 0 Å². The van der Waals surface area contributed by atoms with Crippen LogP contribution in [0.5, 0.6) is 0 Å². The molecule has 1 aromatic rings. The maximum absolute atomic E-state index is 11.8. The Bertz CT molecular complexity index is 610. The van der Waals surface area contributed by atoms with Crippen LogP contribution in [-0.2, 0) is 19.1 Å². The van der Waals surface area contributed by atoms with Crippen molar-refractivity contribution in [2.75, 3.05) is 0 Å². The Morgan fingerprint density at radius 3 is 2.38 bits per heavy atom. The van der Waals surface area contributed by atoms with Gasteiger partial charge in [-0.15, -0.1) is 0 Å². The molecule has 0 bridgehead atoms. The van der Waals surface area contributed by atoms with Crippen LogP contribution in [0.3, 0.4) is 0 Å².